The fourth-order valence-electron chi connectivity index (χ4n) is 2.99. The SMILES string of the molecule is Nc1nc(Cl)cc(NCc2cn(Cc3ccccc3)nc2-c2ccccc2)n1. The van der Waals surface area contributed by atoms with E-state index in [1.54, 1.807) is 6.07 Å². The van der Waals surface area contributed by atoms with Crippen molar-refractivity contribution < 1.29 is 0 Å². The molecule has 2 heterocycles. The lowest BCUT2D eigenvalue weighted by Crippen LogP contribution is -2.04. The summed E-state index contributed by atoms with van der Waals surface area (Å²) in [5.41, 5.74) is 9.91. The first-order valence-corrected chi connectivity index (χ1v) is 9.25. The number of hydrogen-bond donors (Lipinski definition) is 2. The molecule has 6 nitrogen and oxygen atoms in total. The smallest absolute Gasteiger partial charge is 0.223 e. The number of aromatic nitrogens is 4. The lowest BCUT2D eigenvalue weighted by Gasteiger charge is -2.07. The fraction of sp³-hybridized carbons (Fsp3) is 0.0952. The molecule has 0 radical (unpaired) electrons. The van der Waals surface area contributed by atoms with E-state index in [0.29, 0.717) is 24.1 Å². The first kappa shape index (κ1) is 18.0. The van der Waals surface area contributed by atoms with Crippen LogP contribution in [-0.4, -0.2) is 19.7 Å². The van der Waals surface area contributed by atoms with Crippen molar-refractivity contribution in [3.05, 3.63) is 89.2 Å². The highest BCUT2D eigenvalue weighted by atomic mass is 35.5. The number of nitrogens with zero attached hydrogens (tertiary/aromatic N) is 4. The molecule has 4 aromatic rings. The van der Waals surface area contributed by atoms with Crippen LogP contribution in [0, 0.1) is 0 Å². The van der Waals surface area contributed by atoms with Gasteiger partial charge in [-0.05, 0) is 5.56 Å². The van der Waals surface area contributed by atoms with E-state index in [1.165, 1.54) is 5.56 Å². The Hall–Kier alpha value is -3.38. The highest BCUT2D eigenvalue weighted by molar-refractivity contribution is 6.29. The number of nitrogens with two attached hydrogens (primary N) is 1. The maximum atomic E-state index is 5.97. The highest BCUT2D eigenvalue weighted by Gasteiger charge is 2.12. The van der Waals surface area contributed by atoms with E-state index < -0.39 is 0 Å². The molecule has 28 heavy (non-hydrogen) atoms. The zero-order valence-corrected chi connectivity index (χ0v) is 15.8. The summed E-state index contributed by atoms with van der Waals surface area (Å²) >= 11 is 5.97. The Morgan fingerprint density at radius 3 is 2.39 bits per heavy atom. The summed E-state index contributed by atoms with van der Waals surface area (Å²) in [6, 6.07) is 22.0. The van der Waals surface area contributed by atoms with Gasteiger partial charge in [-0.2, -0.15) is 10.1 Å². The van der Waals surface area contributed by atoms with Crippen LogP contribution in [0.3, 0.4) is 0 Å². The zero-order chi connectivity index (χ0) is 19.3. The van der Waals surface area contributed by atoms with Crippen LogP contribution in [0.15, 0.2) is 72.9 Å². The molecule has 0 aliphatic carbocycles. The van der Waals surface area contributed by atoms with Crippen molar-refractivity contribution in [3.63, 3.8) is 0 Å². The average molecular weight is 391 g/mol. The molecule has 2 aromatic carbocycles. The second-order valence-corrected chi connectivity index (χ2v) is 6.73. The van der Waals surface area contributed by atoms with E-state index >= 15 is 0 Å². The van der Waals surface area contributed by atoms with Crippen molar-refractivity contribution in [2.24, 2.45) is 0 Å². The minimum Gasteiger partial charge on any atom is -0.368 e. The first-order valence-electron chi connectivity index (χ1n) is 8.87. The lowest BCUT2D eigenvalue weighted by atomic mass is 10.1. The van der Waals surface area contributed by atoms with E-state index in [-0.39, 0.29) is 5.95 Å². The molecule has 0 saturated carbocycles. The van der Waals surface area contributed by atoms with E-state index in [9.17, 15) is 0 Å². The van der Waals surface area contributed by atoms with Crippen LogP contribution >= 0.6 is 11.6 Å². The van der Waals surface area contributed by atoms with Gasteiger partial charge in [-0.1, -0.05) is 72.3 Å². The van der Waals surface area contributed by atoms with Gasteiger partial charge in [0.25, 0.3) is 0 Å². The van der Waals surface area contributed by atoms with Gasteiger partial charge in [0, 0.05) is 29.9 Å². The predicted octanol–water partition coefficient (Wildman–Crippen LogP) is 4.24. The molecule has 2 aromatic heterocycles. The molecule has 7 heteroatoms. The van der Waals surface area contributed by atoms with Gasteiger partial charge in [0.15, 0.2) is 0 Å². The summed E-state index contributed by atoms with van der Waals surface area (Å²) in [4.78, 5) is 8.05. The Kier molecular flexibility index (Phi) is 5.21. The van der Waals surface area contributed by atoms with E-state index in [0.717, 1.165) is 16.8 Å². The molecule has 3 N–H and O–H groups in total. The van der Waals surface area contributed by atoms with Gasteiger partial charge in [0.2, 0.25) is 5.95 Å². The van der Waals surface area contributed by atoms with Crippen LogP contribution in [0.25, 0.3) is 11.3 Å². The number of halogens is 1. The zero-order valence-electron chi connectivity index (χ0n) is 15.1. The second-order valence-electron chi connectivity index (χ2n) is 6.34. The molecular formula is C21H19ClN6. The summed E-state index contributed by atoms with van der Waals surface area (Å²) in [6.07, 6.45) is 2.05. The van der Waals surface area contributed by atoms with Crippen LogP contribution in [0.4, 0.5) is 11.8 Å². The van der Waals surface area contributed by atoms with Crippen molar-refractivity contribution in [1.29, 1.82) is 0 Å². The number of nitrogens with one attached hydrogen (secondary N) is 1. The quantitative estimate of drug-likeness (QED) is 0.481. The molecule has 0 spiro atoms. The van der Waals surface area contributed by atoms with Crippen molar-refractivity contribution in [1.82, 2.24) is 19.7 Å². The van der Waals surface area contributed by atoms with Gasteiger partial charge in [-0.15, -0.1) is 0 Å². The third-order valence-corrected chi connectivity index (χ3v) is 4.44. The van der Waals surface area contributed by atoms with Crippen LogP contribution in [0.2, 0.25) is 5.15 Å². The first-order chi connectivity index (χ1) is 13.7. The summed E-state index contributed by atoms with van der Waals surface area (Å²) in [5.74, 6) is 0.713. The minimum absolute atomic E-state index is 0.137. The number of benzene rings is 2. The predicted molar refractivity (Wildman–Crippen MR) is 112 cm³/mol. The molecule has 0 amide bonds. The maximum Gasteiger partial charge on any atom is 0.223 e. The molecule has 0 aliphatic heterocycles. The van der Waals surface area contributed by atoms with E-state index in [4.69, 9.17) is 22.4 Å². The number of nitrogen functional groups attached to an aromatic ring is 1. The molecule has 0 saturated heterocycles. The van der Waals surface area contributed by atoms with Crippen LogP contribution in [-0.2, 0) is 13.1 Å². The Balaban J connectivity index is 1.62. The van der Waals surface area contributed by atoms with Gasteiger partial charge >= 0.3 is 0 Å². The van der Waals surface area contributed by atoms with Crippen LogP contribution < -0.4 is 11.1 Å². The Bertz CT molecular complexity index is 1040. The lowest BCUT2D eigenvalue weighted by molar-refractivity contribution is 0.688. The Morgan fingerprint density at radius 1 is 0.964 bits per heavy atom. The van der Waals surface area contributed by atoms with Gasteiger partial charge in [0.05, 0.1) is 12.2 Å². The third kappa shape index (κ3) is 4.29. The summed E-state index contributed by atoms with van der Waals surface area (Å²) in [7, 11) is 0. The molecule has 0 bridgehead atoms. The number of rotatable bonds is 6. The van der Waals surface area contributed by atoms with E-state index in [1.807, 2.05) is 41.1 Å². The van der Waals surface area contributed by atoms with Crippen molar-refractivity contribution in [2.45, 2.75) is 13.1 Å². The monoisotopic (exact) mass is 390 g/mol. The van der Waals surface area contributed by atoms with E-state index in [2.05, 4.69) is 45.7 Å². The standard InChI is InChI=1S/C21H19ClN6/c22-18-11-19(26-21(23)25-18)24-12-17-14-28(13-15-7-3-1-4-8-15)27-20(17)16-9-5-2-6-10-16/h1-11,14H,12-13H2,(H3,23,24,25,26). The van der Waals surface area contributed by atoms with Crippen molar-refractivity contribution in [2.75, 3.05) is 11.1 Å². The average Bonchev–Trinajstić information content (AvgIpc) is 3.10. The largest absolute Gasteiger partial charge is 0.368 e. The van der Waals surface area contributed by atoms with Gasteiger partial charge in [-0.25, -0.2) is 4.98 Å². The number of anilines is 2. The second kappa shape index (κ2) is 8.10. The van der Waals surface area contributed by atoms with Gasteiger partial charge < -0.3 is 11.1 Å². The van der Waals surface area contributed by atoms with Crippen LogP contribution in [0.5, 0.6) is 0 Å². The topological polar surface area (TPSA) is 81.6 Å². The van der Waals surface area contributed by atoms with Gasteiger partial charge in [-0.3, -0.25) is 4.68 Å². The van der Waals surface area contributed by atoms with Crippen LogP contribution in [0.1, 0.15) is 11.1 Å². The molecule has 0 unspecified atom stereocenters. The van der Waals surface area contributed by atoms with Gasteiger partial charge in [0.1, 0.15) is 11.0 Å². The normalized spacial score (nSPS) is 10.8. The molecular weight excluding hydrogens is 372 g/mol. The highest BCUT2D eigenvalue weighted by Crippen LogP contribution is 2.23. The van der Waals surface area contributed by atoms with Crippen molar-refractivity contribution in [3.8, 4) is 11.3 Å². The third-order valence-electron chi connectivity index (χ3n) is 4.24. The summed E-state index contributed by atoms with van der Waals surface area (Å²) in [6.45, 7) is 1.23. The molecule has 0 aliphatic rings. The summed E-state index contributed by atoms with van der Waals surface area (Å²) < 4.78 is 1.95. The number of hydrogen-bond acceptors (Lipinski definition) is 5. The molecule has 4 rings (SSSR count). The molecule has 0 atom stereocenters. The minimum atomic E-state index is 0.137. The molecule has 0 fully saturated rings. The maximum absolute atomic E-state index is 5.97. The van der Waals surface area contributed by atoms with Crippen molar-refractivity contribution >= 4 is 23.4 Å². The molecule has 140 valence electrons. The Morgan fingerprint density at radius 2 is 1.68 bits per heavy atom. The Labute approximate surface area is 168 Å². The summed E-state index contributed by atoms with van der Waals surface area (Å²) in [5, 5.41) is 8.38. The fourth-order valence-corrected chi connectivity index (χ4v) is 3.18.